The number of ketones is 1. The molecule has 0 spiro atoms. The summed E-state index contributed by atoms with van der Waals surface area (Å²) in [5, 5.41) is 3.87. The number of rotatable bonds is 8. The van der Waals surface area contributed by atoms with Crippen LogP contribution in [-0.4, -0.2) is 64.6 Å². The molecule has 7 heteroatoms. The smallest absolute Gasteiger partial charge is 0.272 e. The Hall–Kier alpha value is -3.58. The van der Waals surface area contributed by atoms with Gasteiger partial charge in [0, 0.05) is 25.5 Å². The van der Waals surface area contributed by atoms with E-state index in [4.69, 9.17) is 0 Å². The van der Waals surface area contributed by atoms with Crippen molar-refractivity contribution in [2.24, 2.45) is 5.92 Å². The number of hydrogen-bond acceptors (Lipinski definition) is 5. The Morgan fingerprint density at radius 2 is 1.77 bits per heavy atom. The predicted octanol–water partition coefficient (Wildman–Crippen LogP) is 3.29. The number of Topliss-reactive ketones (excluding diaryl/α,β-unsaturated/α-hetero) is 1. The van der Waals surface area contributed by atoms with E-state index in [2.05, 4.69) is 10.3 Å². The maximum atomic E-state index is 13.3. The molecule has 4 rings (SSSR count). The van der Waals surface area contributed by atoms with E-state index >= 15 is 0 Å². The Labute approximate surface area is 206 Å². The third-order valence-electron chi connectivity index (χ3n) is 6.38. The average molecular weight is 473 g/mol. The van der Waals surface area contributed by atoms with Crippen molar-refractivity contribution < 1.29 is 14.4 Å². The molecule has 1 aromatic heterocycles. The number of pyridine rings is 1. The molecule has 35 heavy (non-hydrogen) atoms. The number of para-hydroxylation sites is 1. The molecule has 0 bridgehead atoms. The number of nitrogens with one attached hydrogen (secondary N) is 1. The fraction of sp³-hybridized carbons (Fsp3) is 0.357. The summed E-state index contributed by atoms with van der Waals surface area (Å²) >= 11 is 0. The zero-order valence-corrected chi connectivity index (χ0v) is 20.5. The minimum absolute atomic E-state index is 0.0113. The number of nitrogens with zero attached hydrogens (tertiary/aromatic N) is 3. The molecule has 7 nitrogen and oxygen atoms in total. The first-order chi connectivity index (χ1) is 16.8. The maximum absolute atomic E-state index is 13.3. The van der Waals surface area contributed by atoms with Crippen LogP contribution < -0.4 is 5.32 Å². The van der Waals surface area contributed by atoms with Crippen molar-refractivity contribution >= 4 is 28.5 Å². The summed E-state index contributed by atoms with van der Waals surface area (Å²) in [5.41, 5.74) is 2.14. The van der Waals surface area contributed by atoms with Gasteiger partial charge in [0.2, 0.25) is 5.91 Å². The Kier molecular flexibility index (Phi) is 7.56. The number of benzene rings is 2. The highest BCUT2D eigenvalue weighted by atomic mass is 16.2. The molecule has 3 aromatic rings. The average Bonchev–Trinajstić information content (AvgIpc) is 3.19. The van der Waals surface area contributed by atoms with Crippen molar-refractivity contribution in [3.63, 3.8) is 0 Å². The predicted molar refractivity (Wildman–Crippen MR) is 136 cm³/mol. The number of carbonyl (C=O) groups is 3. The van der Waals surface area contributed by atoms with Crippen molar-refractivity contribution in [1.29, 1.82) is 0 Å². The highest BCUT2D eigenvalue weighted by Crippen LogP contribution is 2.18. The lowest BCUT2D eigenvalue weighted by atomic mass is 10.0. The molecule has 182 valence electrons. The number of likely N-dealkylation sites (N-methyl/N-ethyl adjacent to an activating group) is 1. The van der Waals surface area contributed by atoms with Crippen molar-refractivity contribution in [1.82, 2.24) is 20.1 Å². The van der Waals surface area contributed by atoms with Crippen LogP contribution in [0.5, 0.6) is 0 Å². The van der Waals surface area contributed by atoms with Crippen LogP contribution in [0, 0.1) is 5.92 Å². The normalized spacial score (nSPS) is 17.0. The van der Waals surface area contributed by atoms with Gasteiger partial charge in [-0.05, 0) is 30.0 Å². The third kappa shape index (κ3) is 5.92. The van der Waals surface area contributed by atoms with Gasteiger partial charge in [-0.1, -0.05) is 68.4 Å². The van der Waals surface area contributed by atoms with Crippen molar-refractivity contribution in [3.8, 4) is 0 Å². The van der Waals surface area contributed by atoms with E-state index in [1.807, 2.05) is 79.4 Å². The van der Waals surface area contributed by atoms with Gasteiger partial charge in [0.05, 0.1) is 12.1 Å². The van der Waals surface area contributed by atoms with Gasteiger partial charge in [-0.25, -0.2) is 4.98 Å². The van der Waals surface area contributed by atoms with Gasteiger partial charge < -0.3 is 10.2 Å². The topological polar surface area (TPSA) is 82.6 Å². The van der Waals surface area contributed by atoms with Crippen LogP contribution in [0.3, 0.4) is 0 Å². The molecule has 1 aliphatic rings. The van der Waals surface area contributed by atoms with E-state index in [0.29, 0.717) is 31.7 Å². The Morgan fingerprint density at radius 3 is 2.51 bits per heavy atom. The van der Waals surface area contributed by atoms with Gasteiger partial charge in [-0.15, -0.1) is 0 Å². The Bertz CT molecular complexity index is 1210. The van der Waals surface area contributed by atoms with Gasteiger partial charge in [0.15, 0.2) is 5.78 Å². The van der Waals surface area contributed by atoms with Crippen LogP contribution in [-0.2, 0) is 16.1 Å². The maximum Gasteiger partial charge on any atom is 0.272 e. The number of likely N-dealkylation sites (tertiary alicyclic amines) is 1. The van der Waals surface area contributed by atoms with Gasteiger partial charge >= 0.3 is 0 Å². The van der Waals surface area contributed by atoms with Crippen molar-refractivity contribution in [2.45, 2.75) is 38.9 Å². The molecule has 0 saturated carbocycles. The van der Waals surface area contributed by atoms with E-state index in [-0.39, 0.29) is 23.5 Å². The fourth-order valence-electron chi connectivity index (χ4n) is 4.51. The summed E-state index contributed by atoms with van der Waals surface area (Å²) in [6, 6.07) is 19.8. The van der Waals surface area contributed by atoms with Crippen molar-refractivity contribution in [2.75, 3.05) is 20.1 Å². The summed E-state index contributed by atoms with van der Waals surface area (Å²) in [5.74, 6) is -0.461. The summed E-state index contributed by atoms with van der Waals surface area (Å²) in [4.78, 5) is 47.3. The highest BCUT2D eigenvalue weighted by Gasteiger charge is 2.35. The van der Waals surface area contributed by atoms with Crippen LogP contribution in [0.2, 0.25) is 0 Å². The number of hydrogen-bond donors (Lipinski definition) is 1. The summed E-state index contributed by atoms with van der Waals surface area (Å²) in [7, 11) is 1.63. The number of amides is 2. The molecule has 1 saturated heterocycles. The van der Waals surface area contributed by atoms with Crippen LogP contribution in [0.25, 0.3) is 10.9 Å². The minimum atomic E-state index is -0.702. The van der Waals surface area contributed by atoms with Gasteiger partial charge in [0.1, 0.15) is 17.8 Å². The molecule has 2 atom stereocenters. The summed E-state index contributed by atoms with van der Waals surface area (Å²) < 4.78 is 0. The van der Waals surface area contributed by atoms with Crippen LogP contribution in [0.15, 0.2) is 66.7 Å². The van der Waals surface area contributed by atoms with Crippen molar-refractivity contribution in [3.05, 3.63) is 78.0 Å². The molecule has 1 aliphatic heterocycles. The first kappa shape index (κ1) is 24.5. The zero-order chi connectivity index (χ0) is 24.9. The molecule has 0 aliphatic carbocycles. The van der Waals surface area contributed by atoms with E-state index in [0.717, 1.165) is 16.5 Å². The molecule has 2 heterocycles. The highest BCUT2D eigenvalue weighted by molar-refractivity contribution is 5.99. The molecular weight excluding hydrogens is 440 g/mol. The first-order valence-corrected chi connectivity index (χ1v) is 12.0. The lowest BCUT2D eigenvalue weighted by molar-refractivity contribution is -0.129. The van der Waals surface area contributed by atoms with Crippen LogP contribution in [0.1, 0.15) is 36.3 Å². The monoisotopic (exact) mass is 472 g/mol. The zero-order valence-electron chi connectivity index (χ0n) is 20.5. The lowest BCUT2D eigenvalue weighted by Gasteiger charge is -2.29. The second kappa shape index (κ2) is 10.8. The van der Waals surface area contributed by atoms with E-state index < -0.39 is 12.1 Å². The second-order valence-electron chi connectivity index (χ2n) is 9.63. The van der Waals surface area contributed by atoms with Crippen LogP contribution >= 0.6 is 0 Å². The molecular formula is C28H32N4O3. The standard InChI is InChI=1S/C28H32N4O3/c1-19(2)15-25(31(3)28(35)23-14-13-21-11-7-8-12-22(21)29-23)27(34)30-24-17-32(18-26(24)33)16-20-9-5-4-6-10-20/h4-14,19,24-25H,15-18H2,1-3H3,(H,30,34)/t24?,25-/m0/s1. The SMILES string of the molecule is CC(C)C[C@@H](C(=O)NC1CN(Cc2ccccc2)CC1=O)N(C)C(=O)c1ccc2ccccc2n1. The fourth-order valence-corrected chi connectivity index (χ4v) is 4.51. The van der Waals surface area contributed by atoms with Crippen LogP contribution in [0.4, 0.5) is 0 Å². The number of carbonyl (C=O) groups excluding carboxylic acids is 3. The number of aromatic nitrogens is 1. The molecule has 1 fully saturated rings. The van der Waals surface area contributed by atoms with E-state index in [1.54, 1.807) is 13.1 Å². The first-order valence-electron chi connectivity index (χ1n) is 12.0. The second-order valence-corrected chi connectivity index (χ2v) is 9.63. The molecule has 1 N–H and O–H groups in total. The van der Waals surface area contributed by atoms with Gasteiger partial charge in [-0.2, -0.15) is 0 Å². The van der Waals surface area contributed by atoms with E-state index in [9.17, 15) is 14.4 Å². The Balaban J connectivity index is 1.45. The summed E-state index contributed by atoms with van der Waals surface area (Å²) in [6.07, 6.45) is 0.482. The summed E-state index contributed by atoms with van der Waals surface area (Å²) in [6.45, 7) is 5.42. The molecule has 1 unspecified atom stereocenters. The van der Waals surface area contributed by atoms with Gasteiger partial charge in [0.25, 0.3) is 5.91 Å². The minimum Gasteiger partial charge on any atom is -0.343 e. The molecule has 0 radical (unpaired) electrons. The Morgan fingerprint density at radius 1 is 1.06 bits per heavy atom. The largest absolute Gasteiger partial charge is 0.343 e. The quantitative estimate of drug-likeness (QED) is 0.544. The lowest BCUT2D eigenvalue weighted by Crippen LogP contribution is -2.52. The van der Waals surface area contributed by atoms with E-state index in [1.165, 1.54) is 4.90 Å². The van der Waals surface area contributed by atoms with Gasteiger partial charge in [-0.3, -0.25) is 19.3 Å². The molecule has 2 aromatic carbocycles. The number of fused-ring (bicyclic) bond motifs is 1. The molecule has 2 amide bonds. The third-order valence-corrected chi connectivity index (χ3v) is 6.38.